The van der Waals surface area contributed by atoms with E-state index in [2.05, 4.69) is 6.58 Å². The zero-order valence-corrected chi connectivity index (χ0v) is 6.82. The lowest BCUT2D eigenvalue weighted by atomic mass is 10.1. The van der Waals surface area contributed by atoms with Crippen LogP contribution < -0.4 is 0 Å². The fourth-order valence-electron chi connectivity index (χ4n) is 1.05. The van der Waals surface area contributed by atoms with Crippen LogP contribution in [0.1, 0.15) is 16.7 Å². The predicted molar refractivity (Wildman–Crippen MR) is 46.0 cm³/mol. The van der Waals surface area contributed by atoms with Gasteiger partial charge in [-0.25, -0.2) is 4.39 Å². The summed E-state index contributed by atoms with van der Waals surface area (Å²) >= 11 is 0. The first-order valence-corrected chi connectivity index (χ1v) is 3.54. The SMILES string of the molecule is C=Cc1cc(C)cc(F)c1C. The molecule has 0 aliphatic heterocycles. The van der Waals surface area contributed by atoms with Crippen LogP contribution in [-0.4, -0.2) is 0 Å². The number of hydrogen-bond acceptors (Lipinski definition) is 0. The molecular weight excluding hydrogens is 139 g/mol. The van der Waals surface area contributed by atoms with Gasteiger partial charge in [-0.15, -0.1) is 0 Å². The molecule has 11 heavy (non-hydrogen) atoms. The average Bonchev–Trinajstić information content (AvgIpc) is 1.96. The van der Waals surface area contributed by atoms with Gasteiger partial charge in [-0.05, 0) is 36.6 Å². The summed E-state index contributed by atoms with van der Waals surface area (Å²) in [4.78, 5) is 0. The first-order valence-electron chi connectivity index (χ1n) is 3.54. The Balaban J connectivity index is 3.35. The van der Waals surface area contributed by atoms with Gasteiger partial charge < -0.3 is 0 Å². The van der Waals surface area contributed by atoms with Gasteiger partial charge in [0.1, 0.15) is 5.82 Å². The van der Waals surface area contributed by atoms with Crippen LogP contribution in [-0.2, 0) is 0 Å². The van der Waals surface area contributed by atoms with Crippen LogP contribution in [0.25, 0.3) is 6.08 Å². The largest absolute Gasteiger partial charge is 0.207 e. The lowest BCUT2D eigenvalue weighted by Crippen LogP contribution is -1.88. The maximum absolute atomic E-state index is 13.0. The van der Waals surface area contributed by atoms with E-state index in [1.54, 1.807) is 13.0 Å². The molecule has 0 aliphatic rings. The van der Waals surface area contributed by atoms with Crippen LogP contribution in [0.5, 0.6) is 0 Å². The lowest BCUT2D eigenvalue weighted by Gasteiger charge is -2.02. The van der Waals surface area contributed by atoms with E-state index in [9.17, 15) is 4.39 Å². The minimum Gasteiger partial charge on any atom is -0.207 e. The van der Waals surface area contributed by atoms with E-state index in [1.165, 1.54) is 6.07 Å². The number of benzene rings is 1. The normalized spacial score (nSPS) is 9.73. The summed E-state index contributed by atoms with van der Waals surface area (Å²) in [6.07, 6.45) is 1.67. The number of rotatable bonds is 1. The third kappa shape index (κ3) is 1.48. The van der Waals surface area contributed by atoms with Gasteiger partial charge in [0.05, 0.1) is 0 Å². The molecule has 1 rings (SSSR count). The van der Waals surface area contributed by atoms with Gasteiger partial charge in [-0.2, -0.15) is 0 Å². The monoisotopic (exact) mass is 150 g/mol. The Morgan fingerprint density at radius 2 is 2.00 bits per heavy atom. The third-order valence-corrected chi connectivity index (χ3v) is 1.75. The molecule has 0 atom stereocenters. The molecule has 0 saturated carbocycles. The zero-order valence-electron chi connectivity index (χ0n) is 6.82. The molecule has 0 heterocycles. The summed E-state index contributed by atoms with van der Waals surface area (Å²) in [5.41, 5.74) is 2.48. The highest BCUT2D eigenvalue weighted by molar-refractivity contribution is 5.53. The van der Waals surface area contributed by atoms with E-state index in [1.807, 2.05) is 13.0 Å². The van der Waals surface area contributed by atoms with Crippen molar-refractivity contribution in [3.63, 3.8) is 0 Å². The van der Waals surface area contributed by atoms with Gasteiger partial charge in [-0.1, -0.05) is 18.7 Å². The van der Waals surface area contributed by atoms with Gasteiger partial charge >= 0.3 is 0 Å². The molecule has 0 N–H and O–H groups in total. The summed E-state index contributed by atoms with van der Waals surface area (Å²) in [5.74, 6) is -0.153. The first kappa shape index (κ1) is 7.99. The van der Waals surface area contributed by atoms with Gasteiger partial charge in [-0.3, -0.25) is 0 Å². The Morgan fingerprint density at radius 1 is 1.36 bits per heavy atom. The Hall–Kier alpha value is -1.11. The highest BCUT2D eigenvalue weighted by atomic mass is 19.1. The van der Waals surface area contributed by atoms with Crippen molar-refractivity contribution >= 4 is 6.08 Å². The molecule has 0 aromatic heterocycles. The fraction of sp³-hybridized carbons (Fsp3) is 0.200. The van der Waals surface area contributed by atoms with E-state index >= 15 is 0 Å². The second kappa shape index (κ2) is 2.87. The molecule has 0 radical (unpaired) electrons. The Morgan fingerprint density at radius 3 is 2.55 bits per heavy atom. The molecule has 0 spiro atoms. The van der Waals surface area contributed by atoms with Gasteiger partial charge in [0.2, 0.25) is 0 Å². The Labute approximate surface area is 66.4 Å². The zero-order chi connectivity index (χ0) is 8.43. The minimum absolute atomic E-state index is 0.153. The van der Waals surface area contributed by atoms with Crippen molar-refractivity contribution in [2.75, 3.05) is 0 Å². The molecule has 0 nitrogen and oxygen atoms in total. The maximum Gasteiger partial charge on any atom is 0.126 e. The van der Waals surface area contributed by atoms with Crippen LogP contribution >= 0.6 is 0 Å². The molecule has 0 saturated heterocycles. The van der Waals surface area contributed by atoms with E-state index in [0.717, 1.165) is 11.1 Å². The molecule has 1 aromatic rings. The minimum atomic E-state index is -0.153. The van der Waals surface area contributed by atoms with Crippen molar-refractivity contribution in [2.45, 2.75) is 13.8 Å². The molecule has 0 fully saturated rings. The summed E-state index contributed by atoms with van der Waals surface area (Å²) < 4.78 is 13.0. The summed E-state index contributed by atoms with van der Waals surface area (Å²) in [6, 6.07) is 3.45. The second-order valence-corrected chi connectivity index (χ2v) is 2.67. The van der Waals surface area contributed by atoms with Crippen molar-refractivity contribution < 1.29 is 4.39 Å². The summed E-state index contributed by atoms with van der Waals surface area (Å²) in [6.45, 7) is 7.23. The Kier molecular flexibility index (Phi) is 2.08. The summed E-state index contributed by atoms with van der Waals surface area (Å²) in [7, 11) is 0. The van der Waals surface area contributed by atoms with Crippen molar-refractivity contribution in [3.05, 3.63) is 41.2 Å². The van der Waals surface area contributed by atoms with Crippen molar-refractivity contribution in [1.82, 2.24) is 0 Å². The van der Waals surface area contributed by atoms with Crippen LogP contribution in [0.3, 0.4) is 0 Å². The van der Waals surface area contributed by atoms with Gasteiger partial charge in [0.25, 0.3) is 0 Å². The van der Waals surface area contributed by atoms with Crippen molar-refractivity contribution in [3.8, 4) is 0 Å². The fourth-order valence-corrected chi connectivity index (χ4v) is 1.05. The molecule has 0 aliphatic carbocycles. The quantitative estimate of drug-likeness (QED) is 0.577. The third-order valence-electron chi connectivity index (χ3n) is 1.75. The molecule has 0 amide bonds. The van der Waals surface area contributed by atoms with Crippen LogP contribution in [0, 0.1) is 19.7 Å². The second-order valence-electron chi connectivity index (χ2n) is 2.67. The number of hydrogen-bond donors (Lipinski definition) is 0. The average molecular weight is 150 g/mol. The van der Waals surface area contributed by atoms with Crippen LogP contribution in [0.2, 0.25) is 0 Å². The predicted octanol–water partition coefficient (Wildman–Crippen LogP) is 3.09. The first-order chi connectivity index (χ1) is 5.15. The molecule has 1 heteroatoms. The van der Waals surface area contributed by atoms with Crippen LogP contribution in [0.15, 0.2) is 18.7 Å². The summed E-state index contributed by atoms with van der Waals surface area (Å²) in [5, 5.41) is 0. The van der Waals surface area contributed by atoms with E-state index in [0.29, 0.717) is 5.56 Å². The number of halogens is 1. The highest BCUT2D eigenvalue weighted by Crippen LogP contribution is 2.15. The van der Waals surface area contributed by atoms with E-state index in [-0.39, 0.29) is 5.82 Å². The molecule has 0 bridgehead atoms. The van der Waals surface area contributed by atoms with Crippen molar-refractivity contribution in [2.24, 2.45) is 0 Å². The maximum atomic E-state index is 13.0. The topological polar surface area (TPSA) is 0 Å². The molecule has 0 unspecified atom stereocenters. The van der Waals surface area contributed by atoms with Gasteiger partial charge in [0, 0.05) is 0 Å². The standard InChI is InChI=1S/C10H11F/c1-4-9-5-7(2)6-10(11)8(9)3/h4-6H,1H2,2-3H3. The van der Waals surface area contributed by atoms with E-state index in [4.69, 9.17) is 0 Å². The Bertz CT molecular complexity index is 287. The van der Waals surface area contributed by atoms with Crippen molar-refractivity contribution in [1.29, 1.82) is 0 Å². The number of aryl methyl sites for hydroxylation is 1. The van der Waals surface area contributed by atoms with Crippen LogP contribution in [0.4, 0.5) is 4.39 Å². The highest BCUT2D eigenvalue weighted by Gasteiger charge is 2.01. The lowest BCUT2D eigenvalue weighted by molar-refractivity contribution is 0.617. The molecule has 58 valence electrons. The van der Waals surface area contributed by atoms with Gasteiger partial charge in [0.15, 0.2) is 0 Å². The smallest absolute Gasteiger partial charge is 0.126 e. The molecule has 1 aromatic carbocycles. The molecular formula is C10H11F. The van der Waals surface area contributed by atoms with E-state index < -0.39 is 0 Å².